The molecule has 1 saturated heterocycles. The molecule has 1 N–H and O–H groups in total. The predicted octanol–water partition coefficient (Wildman–Crippen LogP) is 3.34. The molecule has 1 heterocycles. The quantitative estimate of drug-likeness (QED) is 0.870. The first-order valence-corrected chi connectivity index (χ1v) is 7.38. The lowest BCUT2D eigenvalue weighted by molar-refractivity contribution is 0.00829. The van der Waals surface area contributed by atoms with Gasteiger partial charge in [-0.3, -0.25) is 0 Å². The first-order valence-electron chi connectivity index (χ1n) is 7.38. The molecule has 21 heavy (non-hydrogen) atoms. The summed E-state index contributed by atoms with van der Waals surface area (Å²) in [5, 5.41) is 9.43. The maximum atomic E-state index is 13.7. The highest BCUT2D eigenvalue weighted by molar-refractivity contribution is 5.45. The maximum Gasteiger partial charge on any atom is 0.123 e. The highest BCUT2D eigenvalue weighted by Gasteiger charge is 2.40. The first kappa shape index (κ1) is 13.0. The van der Waals surface area contributed by atoms with Gasteiger partial charge >= 0.3 is 0 Å². The molecule has 0 radical (unpaired) electrons. The van der Waals surface area contributed by atoms with Crippen LogP contribution in [0.1, 0.15) is 40.7 Å². The Hall–Kier alpha value is -1.71. The predicted molar refractivity (Wildman–Crippen MR) is 77.7 cm³/mol. The van der Waals surface area contributed by atoms with Gasteiger partial charge in [0.05, 0.1) is 18.8 Å². The Morgan fingerprint density at radius 3 is 2.76 bits per heavy atom. The van der Waals surface area contributed by atoms with E-state index in [2.05, 4.69) is 12.1 Å². The molecule has 0 saturated carbocycles. The molecule has 1 fully saturated rings. The molecule has 2 nitrogen and oxygen atoms in total. The molecule has 0 spiro atoms. The summed E-state index contributed by atoms with van der Waals surface area (Å²) in [4.78, 5) is 0. The molecule has 1 aliphatic carbocycles. The van der Waals surface area contributed by atoms with E-state index in [0.717, 1.165) is 24.0 Å². The fourth-order valence-electron chi connectivity index (χ4n) is 3.72. The molecule has 2 aromatic rings. The molecule has 2 aliphatic rings. The minimum atomic E-state index is -0.227. The van der Waals surface area contributed by atoms with E-state index in [1.807, 2.05) is 18.2 Å². The molecule has 3 heteroatoms. The van der Waals surface area contributed by atoms with Crippen molar-refractivity contribution in [2.75, 3.05) is 6.61 Å². The topological polar surface area (TPSA) is 29.5 Å². The van der Waals surface area contributed by atoms with Crippen molar-refractivity contribution >= 4 is 0 Å². The van der Waals surface area contributed by atoms with E-state index in [4.69, 9.17) is 4.74 Å². The van der Waals surface area contributed by atoms with Crippen LogP contribution in [0.3, 0.4) is 0 Å². The van der Waals surface area contributed by atoms with Crippen LogP contribution in [0, 0.1) is 5.82 Å². The second-order valence-electron chi connectivity index (χ2n) is 5.92. The van der Waals surface area contributed by atoms with Crippen LogP contribution in [0.25, 0.3) is 0 Å². The minimum Gasteiger partial charge on any atom is -0.394 e. The van der Waals surface area contributed by atoms with Gasteiger partial charge in [0.2, 0.25) is 0 Å². The summed E-state index contributed by atoms with van der Waals surface area (Å²) in [6, 6.07) is 13.3. The fourth-order valence-corrected chi connectivity index (χ4v) is 3.72. The van der Waals surface area contributed by atoms with Crippen LogP contribution in [0.2, 0.25) is 0 Å². The highest BCUT2D eigenvalue weighted by Crippen LogP contribution is 2.49. The molecule has 0 unspecified atom stereocenters. The fraction of sp³-hybridized carbons (Fsp3) is 0.333. The monoisotopic (exact) mass is 284 g/mol. The van der Waals surface area contributed by atoms with Crippen molar-refractivity contribution in [2.24, 2.45) is 0 Å². The van der Waals surface area contributed by atoms with Crippen molar-refractivity contribution in [3.63, 3.8) is 0 Å². The van der Waals surface area contributed by atoms with E-state index in [-0.39, 0.29) is 30.5 Å². The second kappa shape index (κ2) is 4.93. The number of benzene rings is 2. The Kier molecular flexibility index (Phi) is 3.05. The van der Waals surface area contributed by atoms with Crippen molar-refractivity contribution in [2.45, 2.75) is 31.0 Å². The third kappa shape index (κ3) is 2.08. The van der Waals surface area contributed by atoms with Crippen LogP contribution in [0.5, 0.6) is 0 Å². The zero-order valence-corrected chi connectivity index (χ0v) is 11.6. The van der Waals surface area contributed by atoms with E-state index in [9.17, 15) is 9.50 Å². The Balaban J connectivity index is 1.90. The van der Waals surface area contributed by atoms with Gasteiger partial charge in [-0.15, -0.1) is 0 Å². The lowest BCUT2D eigenvalue weighted by atomic mass is 9.87. The van der Waals surface area contributed by atoms with Gasteiger partial charge in [0.15, 0.2) is 0 Å². The van der Waals surface area contributed by atoms with Crippen molar-refractivity contribution in [3.8, 4) is 0 Å². The average molecular weight is 284 g/mol. The van der Waals surface area contributed by atoms with E-state index in [0.29, 0.717) is 0 Å². The molecule has 0 aromatic heterocycles. The van der Waals surface area contributed by atoms with Crippen molar-refractivity contribution in [1.29, 1.82) is 0 Å². The molecule has 108 valence electrons. The number of aliphatic hydroxyl groups is 1. The van der Waals surface area contributed by atoms with E-state index >= 15 is 0 Å². The minimum absolute atomic E-state index is 0.0137. The lowest BCUT2D eigenvalue weighted by Crippen LogP contribution is -2.11. The van der Waals surface area contributed by atoms with Crippen LogP contribution < -0.4 is 0 Å². The summed E-state index contributed by atoms with van der Waals surface area (Å²) < 4.78 is 19.7. The van der Waals surface area contributed by atoms with Crippen molar-refractivity contribution in [3.05, 3.63) is 70.5 Å². The Bertz CT molecular complexity index is 683. The zero-order valence-electron chi connectivity index (χ0n) is 11.6. The summed E-state index contributed by atoms with van der Waals surface area (Å²) in [5.41, 5.74) is 4.61. The van der Waals surface area contributed by atoms with Crippen LogP contribution in [0.4, 0.5) is 4.39 Å². The van der Waals surface area contributed by atoms with E-state index in [1.165, 1.54) is 17.2 Å². The third-order valence-electron chi connectivity index (χ3n) is 4.67. The molecule has 1 aliphatic heterocycles. The van der Waals surface area contributed by atoms with Crippen LogP contribution in [0.15, 0.2) is 42.5 Å². The molecular formula is C18H17FO2. The molecule has 0 bridgehead atoms. The number of halogens is 1. The summed E-state index contributed by atoms with van der Waals surface area (Å²) in [5.74, 6) is -0.0316. The first-order chi connectivity index (χ1) is 10.3. The summed E-state index contributed by atoms with van der Waals surface area (Å²) in [6.07, 6.45) is 1.28. The van der Waals surface area contributed by atoms with E-state index < -0.39 is 0 Å². The smallest absolute Gasteiger partial charge is 0.123 e. The third-order valence-corrected chi connectivity index (χ3v) is 4.67. The van der Waals surface area contributed by atoms with Gasteiger partial charge in [-0.05, 0) is 47.2 Å². The van der Waals surface area contributed by atoms with Gasteiger partial charge in [-0.1, -0.05) is 30.3 Å². The Morgan fingerprint density at radius 1 is 1.10 bits per heavy atom. The van der Waals surface area contributed by atoms with Gasteiger partial charge in [0.1, 0.15) is 5.82 Å². The second-order valence-corrected chi connectivity index (χ2v) is 5.92. The van der Waals surface area contributed by atoms with Crippen molar-refractivity contribution < 1.29 is 14.2 Å². The number of ether oxygens (including phenoxy) is 1. The van der Waals surface area contributed by atoms with Gasteiger partial charge in [0.25, 0.3) is 0 Å². The molecule has 3 atom stereocenters. The van der Waals surface area contributed by atoms with Gasteiger partial charge < -0.3 is 9.84 Å². The van der Waals surface area contributed by atoms with Crippen molar-refractivity contribution in [1.82, 2.24) is 0 Å². The standard InChI is InChI=1S/C18H17FO2/c19-13-6-5-12-7-11-3-1-2-4-15(11)17-9-14(10-20)21-18(17)16(12)8-13/h1-6,8,14,17-18,20H,7,9-10H2/t14-,17+,18-/m1/s1. The SMILES string of the molecule is OC[C@H]1C[C@H]2c3ccccc3Cc3ccc(F)cc3[C@H]2O1. The average Bonchev–Trinajstić information content (AvgIpc) is 2.89. The molecule has 2 aromatic carbocycles. The molecular weight excluding hydrogens is 267 g/mol. The van der Waals surface area contributed by atoms with Crippen LogP contribution in [-0.2, 0) is 11.2 Å². The maximum absolute atomic E-state index is 13.7. The summed E-state index contributed by atoms with van der Waals surface area (Å²) >= 11 is 0. The number of fused-ring (bicyclic) bond motifs is 5. The number of hydrogen-bond donors (Lipinski definition) is 1. The zero-order chi connectivity index (χ0) is 14.4. The summed E-state index contributed by atoms with van der Waals surface area (Å²) in [7, 11) is 0. The number of aliphatic hydroxyl groups excluding tert-OH is 1. The van der Waals surface area contributed by atoms with Crippen LogP contribution in [-0.4, -0.2) is 17.8 Å². The largest absolute Gasteiger partial charge is 0.394 e. The number of hydrogen-bond acceptors (Lipinski definition) is 2. The molecule has 0 amide bonds. The summed E-state index contributed by atoms with van der Waals surface area (Å²) in [6.45, 7) is 0.0137. The normalized spacial score (nSPS) is 26.7. The van der Waals surface area contributed by atoms with Gasteiger partial charge in [-0.2, -0.15) is 0 Å². The molecule has 4 rings (SSSR count). The van der Waals surface area contributed by atoms with E-state index in [1.54, 1.807) is 6.07 Å². The lowest BCUT2D eigenvalue weighted by Gasteiger charge is -2.19. The highest BCUT2D eigenvalue weighted by atomic mass is 19.1. The van der Waals surface area contributed by atoms with Crippen LogP contribution >= 0.6 is 0 Å². The van der Waals surface area contributed by atoms with Gasteiger partial charge in [0, 0.05) is 5.92 Å². The number of rotatable bonds is 1. The Labute approximate surface area is 123 Å². The Morgan fingerprint density at radius 2 is 1.90 bits per heavy atom. The van der Waals surface area contributed by atoms with Gasteiger partial charge in [-0.25, -0.2) is 4.39 Å².